The lowest BCUT2D eigenvalue weighted by Gasteiger charge is -2.14. The summed E-state index contributed by atoms with van der Waals surface area (Å²) in [6.07, 6.45) is 0. The van der Waals surface area contributed by atoms with E-state index in [1.54, 1.807) is 48.5 Å². The molecule has 2 amide bonds. The van der Waals surface area contributed by atoms with Crippen molar-refractivity contribution < 1.29 is 23.8 Å². The van der Waals surface area contributed by atoms with Crippen LogP contribution in [0.1, 0.15) is 17.3 Å². The molecule has 0 aromatic heterocycles. The Bertz CT molecular complexity index is 1150. The zero-order chi connectivity index (χ0) is 24.7. The summed E-state index contributed by atoms with van der Waals surface area (Å²) < 4.78 is 15.7. The summed E-state index contributed by atoms with van der Waals surface area (Å²) in [6, 6.07) is 17.4. The van der Waals surface area contributed by atoms with E-state index in [0.717, 1.165) is 4.90 Å². The number of ether oxygens (including phenoxy) is 3. The van der Waals surface area contributed by atoms with Crippen molar-refractivity contribution >= 4 is 46.6 Å². The van der Waals surface area contributed by atoms with Gasteiger partial charge in [-0.2, -0.15) is 0 Å². The van der Waals surface area contributed by atoms with Crippen molar-refractivity contribution in [2.24, 2.45) is 0 Å². The van der Waals surface area contributed by atoms with Gasteiger partial charge in [-0.05, 0) is 61.5 Å². The summed E-state index contributed by atoms with van der Waals surface area (Å²) in [6.45, 7) is 1.81. The molecule has 0 saturated carbocycles. The topological polar surface area (TPSA) is 85.9 Å². The highest BCUT2D eigenvalue weighted by atomic mass is 35.5. The Morgan fingerprint density at radius 1 is 0.824 bits per heavy atom. The second-order valence-corrected chi connectivity index (χ2v) is 8.94. The highest BCUT2D eigenvalue weighted by Gasteiger charge is 2.19. The number of halogens is 1. The molecule has 0 heterocycles. The lowest BCUT2D eigenvalue weighted by Crippen LogP contribution is -2.22. The maximum atomic E-state index is 12.8. The number of carbonyl (C=O) groups is 2. The predicted molar refractivity (Wildman–Crippen MR) is 136 cm³/mol. The first kappa shape index (κ1) is 25.3. The van der Waals surface area contributed by atoms with Crippen LogP contribution in [-0.2, 0) is 4.79 Å². The summed E-state index contributed by atoms with van der Waals surface area (Å²) in [5.74, 6) is 0.870. The van der Waals surface area contributed by atoms with Crippen LogP contribution in [0.2, 0.25) is 5.02 Å². The minimum atomic E-state index is -0.362. The number of thioether (sulfide) groups is 1. The first-order chi connectivity index (χ1) is 16.4. The molecular weight excluding hydrogens is 476 g/mol. The molecule has 34 heavy (non-hydrogen) atoms. The van der Waals surface area contributed by atoms with Crippen molar-refractivity contribution in [1.82, 2.24) is 0 Å². The van der Waals surface area contributed by atoms with Crippen molar-refractivity contribution in [2.45, 2.75) is 17.1 Å². The molecule has 1 atom stereocenters. The van der Waals surface area contributed by atoms with Gasteiger partial charge in [-0.15, -0.1) is 11.8 Å². The Kier molecular flexibility index (Phi) is 8.67. The summed E-state index contributed by atoms with van der Waals surface area (Å²) in [5.41, 5.74) is 1.51. The maximum absolute atomic E-state index is 12.8. The smallest absolute Gasteiger partial charge is 0.263 e. The van der Waals surface area contributed by atoms with E-state index >= 15 is 0 Å². The Labute approximate surface area is 207 Å². The third-order valence-electron chi connectivity index (χ3n) is 4.87. The molecule has 3 rings (SSSR count). The zero-order valence-electron chi connectivity index (χ0n) is 19.2. The molecule has 3 aromatic rings. The third-order valence-corrected chi connectivity index (χ3v) is 6.28. The lowest BCUT2D eigenvalue weighted by molar-refractivity contribution is -0.115. The molecule has 178 valence electrons. The highest BCUT2D eigenvalue weighted by molar-refractivity contribution is 8.00. The van der Waals surface area contributed by atoms with Crippen LogP contribution < -0.4 is 24.8 Å². The van der Waals surface area contributed by atoms with Crippen LogP contribution in [-0.4, -0.2) is 38.4 Å². The Morgan fingerprint density at radius 2 is 1.41 bits per heavy atom. The number of nitrogens with one attached hydrogen (secondary N) is 2. The van der Waals surface area contributed by atoms with E-state index in [0.29, 0.717) is 39.2 Å². The number of carbonyl (C=O) groups excluding carboxylic acids is 2. The van der Waals surface area contributed by atoms with Gasteiger partial charge in [-0.1, -0.05) is 17.7 Å². The van der Waals surface area contributed by atoms with Gasteiger partial charge in [0.05, 0.1) is 31.6 Å². The Hall–Kier alpha value is -3.36. The first-order valence-corrected chi connectivity index (χ1v) is 11.6. The highest BCUT2D eigenvalue weighted by Crippen LogP contribution is 2.31. The van der Waals surface area contributed by atoms with E-state index in [2.05, 4.69) is 10.6 Å². The van der Waals surface area contributed by atoms with Gasteiger partial charge < -0.3 is 24.8 Å². The monoisotopic (exact) mass is 500 g/mol. The van der Waals surface area contributed by atoms with Crippen LogP contribution in [0, 0.1) is 0 Å². The van der Waals surface area contributed by atoms with Crippen molar-refractivity contribution in [1.29, 1.82) is 0 Å². The number of benzene rings is 3. The molecule has 9 heteroatoms. The number of hydrogen-bond donors (Lipinski definition) is 2. The van der Waals surface area contributed by atoms with Crippen LogP contribution in [0.5, 0.6) is 17.2 Å². The van der Waals surface area contributed by atoms with Crippen LogP contribution in [0.25, 0.3) is 0 Å². The molecule has 1 unspecified atom stereocenters. The second kappa shape index (κ2) is 11.7. The maximum Gasteiger partial charge on any atom is 0.263 e. The van der Waals surface area contributed by atoms with Gasteiger partial charge in [-0.3, -0.25) is 9.59 Å². The van der Waals surface area contributed by atoms with Crippen molar-refractivity contribution in [2.75, 3.05) is 32.0 Å². The molecular formula is C25H25ClN2O5S. The van der Waals surface area contributed by atoms with E-state index in [1.807, 2.05) is 19.1 Å². The standard InChI is InChI=1S/C25H25ClN2O5S/c1-15(24(29)28-17-10-13-20(31-2)19(26)14-17)34-18-11-8-16(9-12-18)27-25(30)23-21(32-3)6-5-7-22(23)33-4/h5-15H,1-4H3,(H,27,30)(H,28,29). The lowest BCUT2D eigenvalue weighted by atomic mass is 10.1. The fraction of sp³-hybridized carbons (Fsp3) is 0.200. The summed E-state index contributed by atoms with van der Waals surface area (Å²) in [7, 11) is 4.53. The molecule has 7 nitrogen and oxygen atoms in total. The number of methoxy groups -OCH3 is 3. The van der Waals surface area contributed by atoms with Gasteiger partial charge in [0.1, 0.15) is 22.8 Å². The van der Waals surface area contributed by atoms with E-state index in [9.17, 15) is 9.59 Å². The van der Waals surface area contributed by atoms with Crippen LogP contribution in [0.3, 0.4) is 0 Å². The molecule has 0 radical (unpaired) electrons. The summed E-state index contributed by atoms with van der Waals surface area (Å²) in [4.78, 5) is 26.3. The van der Waals surface area contributed by atoms with Crippen molar-refractivity contribution in [3.8, 4) is 17.2 Å². The molecule has 0 saturated heterocycles. The molecule has 0 bridgehead atoms. The van der Waals surface area contributed by atoms with Gasteiger partial charge in [0.25, 0.3) is 5.91 Å². The van der Waals surface area contributed by atoms with Gasteiger partial charge in [0.15, 0.2) is 0 Å². The number of hydrogen-bond acceptors (Lipinski definition) is 6. The molecule has 0 aliphatic heterocycles. The predicted octanol–water partition coefficient (Wildman–Crippen LogP) is 5.74. The van der Waals surface area contributed by atoms with Crippen molar-refractivity contribution in [3.63, 3.8) is 0 Å². The van der Waals surface area contributed by atoms with Crippen molar-refractivity contribution in [3.05, 3.63) is 71.2 Å². The Morgan fingerprint density at radius 3 is 1.97 bits per heavy atom. The first-order valence-electron chi connectivity index (χ1n) is 10.3. The summed E-state index contributed by atoms with van der Waals surface area (Å²) >= 11 is 7.52. The fourth-order valence-corrected chi connectivity index (χ4v) is 4.26. The molecule has 0 spiro atoms. The average Bonchev–Trinajstić information content (AvgIpc) is 2.84. The average molecular weight is 501 g/mol. The molecule has 0 fully saturated rings. The second-order valence-electron chi connectivity index (χ2n) is 7.11. The van der Waals surface area contributed by atoms with Gasteiger partial charge in [0, 0.05) is 16.3 Å². The van der Waals surface area contributed by atoms with E-state index in [4.69, 9.17) is 25.8 Å². The number of amides is 2. The Balaban J connectivity index is 1.62. The van der Waals surface area contributed by atoms with E-state index in [1.165, 1.54) is 33.1 Å². The minimum absolute atomic E-state index is 0.160. The van der Waals surface area contributed by atoms with E-state index in [-0.39, 0.29) is 17.1 Å². The molecule has 2 N–H and O–H groups in total. The van der Waals surface area contributed by atoms with Crippen LogP contribution >= 0.6 is 23.4 Å². The van der Waals surface area contributed by atoms with E-state index < -0.39 is 0 Å². The molecule has 0 aliphatic carbocycles. The number of anilines is 2. The molecule has 3 aromatic carbocycles. The minimum Gasteiger partial charge on any atom is -0.496 e. The van der Waals surface area contributed by atoms with Gasteiger partial charge in [-0.25, -0.2) is 0 Å². The number of rotatable bonds is 9. The third kappa shape index (κ3) is 6.15. The van der Waals surface area contributed by atoms with Crippen LogP contribution in [0.4, 0.5) is 11.4 Å². The normalized spacial score (nSPS) is 11.3. The zero-order valence-corrected chi connectivity index (χ0v) is 20.8. The quantitative estimate of drug-likeness (QED) is 0.364. The molecule has 0 aliphatic rings. The van der Waals surface area contributed by atoms with Gasteiger partial charge >= 0.3 is 0 Å². The SMILES string of the molecule is COc1ccc(NC(=O)C(C)Sc2ccc(NC(=O)c3c(OC)cccc3OC)cc2)cc1Cl. The van der Waals surface area contributed by atoms with Gasteiger partial charge in [0.2, 0.25) is 5.91 Å². The summed E-state index contributed by atoms with van der Waals surface area (Å²) in [5, 5.41) is 5.76. The fourth-order valence-electron chi connectivity index (χ4n) is 3.13. The van der Waals surface area contributed by atoms with Crippen LogP contribution in [0.15, 0.2) is 65.6 Å². The largest absolute Gasteiger partial charge is 0.496 e.